The predicted octanol–water partition coefficient (Wildman–Crippen LogP) is 3.08. The zero-order valence-electron chi connectivity index (χ0n) is 9.98. The van der Waals surface area contributed by atoms with Crippen molar-refractivity contribution in [3.63, 3.8) is 0 Å². The summed E-state index contributed by atoms with van der Waals surface area (Å²) in [4.78, 5) is 15.9. The van der Waals surface area contributed by atoms with Crippen molar-refractivity contribution in [3.05, 3.63) is 63.9 Å². The molecule has 0 unspecified atom stereocenters. The van der Waals surface area contributed by atoms with Gasteiger partial charge in [0, 0.05) is 23.4 Å². The average Bonchev–Trinajstić information content (AvgIpc) is 2.38. The third-order valence-corrected chi connectivity index (χ3v) is 3.03. The average molecular weight is 305 g/mol. The molecule has 1 amide bonds. The van der Waals surface area contributed by atoms with Gasteiger partial charge in [-0.05, 0) is 36.2 Å². The minimum Gasteiger partial charge on any atom is -0.348 e. The van der Waals surface area contributed by atoms with Crippen LogP contribution in [0.2, 0.25) is 0 Å². The van der Waals surface area contributed by atoms with Gasteiger partial charge in [0.15, 0.2) is 0 Å². The monoisotopic (exact) mass is 304 g/mol. The number of carbonyl (C=O) groups excluding carboxylic acids is 1. The van der Waals surface area contributed by atoms with Crippen molar-refractivity contribution in [2.75, 3.05) is 0 Å². The molecule has 0 saturated heterocycles. The normalized spacial score (nSPS) is 10.1. The number of hydrogen-bond donors (Lipinski definition) is 1. The first-order chi connectivity index (χ1) is 8.65. The Morgan fingerprint density at radius 1 is 1.28 bits per heavy atom. The lowest BCUT2D eigenvalue weighted by molar-refractivity contribution is 0.0950. The number of aryl methyl sites for hydroxylation is 1. The van der Waals surface area contributed by atoms with Crippen LogP contribution in [-0.2, 0) is 6.54 Å². The van der Waals surface area contributed by atoms with Crippen molar-refractivity contribution < 1.29 is 4.79 Å². The van der Waals surface area contributed by atoms with Crippen LogP contribution >= 0.6 is 15.9 Å². The molecule has 92 valence electrons. The van der Waals surface area contributed by atoms with Crippen molar-refractivity contribution in [2.45, 2.75) is 13.5 Å². The van der Waals surface area contributed by atoms with Crippen molar-refractivity contribution in [3.8, 4) is 0 Å². The molecule has 0 atom stereocenters. The summed E-state index contributed by atoms with van der Waals surface area (Å²) >= 11 is 3.37. The molecule has 0 saturated carbocycles. The molecule has 4 heteroatoms. The van der Waals surface area contributed by atoms with E-state index in [1.807, 2.05) is 37.3 Å². The van der Waals surface area contributed by atoms with E-state index in [9.17, 15) is 4.79 Å². The molecule has 2 aromatic rings. The van der Waals surface area contributed by atoms with E-state index in [0.717, 1.165) is 15.6 Å². The van der Waals surface area contributed by atoms with Crippen LogP contribution in [0.1, 0.15) is 21.5 Å². The van der Waals surface area contributed by atoms with E-state index in [2.05, 4.69) is 26.2 Å². The third-order valence-electron chi connectivity index (χ3n) is 2.50. The maximum absolute atomic E-state index is 11.9. The topological polar surface area (TPSA) is 42.0 Å². The fourth-order valence-electron chi connectivity index (χ4n) is 1.57. The van der Waals surface area contributed by atoms with Gasteiger partial charge in [-0.25, -0.2) is 0 Å². The zero-order chi connectivity index (χ0) is 13.0. The first kappa shape index (κ1) is 12.8. The number of carbonyl (C=O) groups is 1. The first-order valence-electron chi connectivity index (χ1n) is 5.59. The van der Waals surface area contributed by atoms with Crippen LogP contribution in [0, 0.1) is 6.92 Å². The number of halogens is 1. The first-order valence-corrected chi connectivity index (χ1v) is 6.39. The summed E-state index contributed by atoms with van der Waals surface area (Å²) in [7, 11) is 0. The second-order valence-corrected chi connectivity index (χ2v) is 4.98. The summed E-state index contributed by atoms with van der Waals surface area (Å²) in [5, 5.41) is 2.87. The van der Waals surface area contributed by atoms with Gasteiger partial charge in [-0.1, -0.05) is 28.1 Å². The number of pyridine rings is 1. The predicted molar refractivity (Wildman–Crippen MR) is 74.3 cm³/mol. The van der Waals surface area contributed by atoms with E-state index in [4.69, 9.17) is 0 Å². The number of hydrogen-bond acceptors (Lipinski definition) is 2. The number of aromatic nitrogens is 1. The highest BCUT2D eigenvalue weighted by atomic mass is 79.9. The number of nitrogens with one attached hydrogen (secondary N) is 1. The summed E-state index contributed by atoms with van der Waals surface area (Å²) in [6.45, 7) is 2.43. The number of amides is 1. The highest BCUT2D eigenvalue weighted by Crippen LogP contribution is 2.10. The Balaban J connectivity index is 1.98. The Labute approximate surface area is 114 Å². The van der Waals surface area contributed by atoms with E-state index in [1.165, 1.54) is 0 Å². The molecule has 18 heavy (non-hydrogen) atoms. The van der Waals surface area contributed by atoms with E-state index in [1.54, 1.807) is 12.4 Å². The van der Waals surface area contributed by atoms with Gasteiger partial charge in [0.25, 0.3) is 5.91 Å². The van der Waals surface area contributed by atoms with E-state index < -0.39 is 0 Å². The van der Waals surface area contributed by atoms with Crippen LogP contribution in [0.5, 0.6) is 0 Å². The van der Waals surface area contributed by atoms with Gasteiger partial charge in [-0.3, -0.25) is 9.78 Å². The minimum atomic E-state index is -0.103. The quantitative estimate of drug-likeness (QED) is 0.947. The van der Waals surface area contributed by atoms with Crippen LogP contribution in [0.25, 0.3) is 0 Å². The van der Waals surface area contributed by atoms with Gasteiger partial charge in [0.2, 0.25) is 0 Å². The van der Waals surface area contributed by atoms with Crippen LogP contribution in [0.15, 0.2) is 47.2 Å². The Kier molecular flexibility index (Phi) is 4.10. The molecule has 1 aromatic heterocycles. The highest BCUT2D eigenvalue weighted by Gasteiger charge is 2.05. The molecule has 0 radical (unpaired) electrons. The lowest BCUT2D eigenvalue weighted by atomic mass is 10.2. The molecule has 0 spiro atoms. The molecule has 1 aromatic carbocycles. The second-order valence-electron chi connectivity index (χ2n) is 4.06. The fraction of sp³-hybridized carbons (Fsp3) is 0.143. The van der Waals surface area contributed by atoms with Gasteiger partial charge in [0.05, 0.1) is 5.56 Å². The third kappa shape index (κ3) is 3.40. The standard InChI is InChI=1S/C14H13BrN2O/c1-10-6-12(9-16-7-10)14(18)17-8-11-2-4-13(15)5-3-11/h2-7,9H,8H2,1H3,(H,17,18). The van der Waals surface area contributed by atoms with E-state index in [0.29, 0.717) is 12.1 Å². The van der Waals surface area contributed by atoms with Gasteiger partial charge in [-0.15, -0.1) is 0 Å². The van der Waals surface area contributed by atoms with Gasteiger partial charge in [0.1, 0.15) is 0 Å². The van der Waals surface area contributed by atoms with Crippen LogP contribution in [0.4, 0.5) is 0 Å². The lowest BCUT2D eigenvalue weighted by Crippen LogP contribution is -2.22. The Morgan fingerprint density at radius 3 is 2.67 bits per heavy atom. The zero-order valence-corrected chi connectivity index (χ0v) is 11.6. The molecule has 1 N–H and O–H groups in total. The Bertz CT molecular complexity index is 552. The highest BCUT2D eigenvalue weighted by molar-refractivity contribution is 9.10. The van der Waals surface area contributed by atoms with Crippen LogP contribution in [0.3, 0.4) is 0 Å². The summed E-state index contributed by atoms with van der Waals surface area (Å²) < 4.78 is 1.03. The maximum Gasteiger partial charge on any atom is 0.253 e. The van der Waals surface area contributed by atoms with Crippen molar-refractivity contribution in [2.24, 2.45) is 0 Å². The van der Waals surface area contributed by atoms with E-state index >= 15 is 0 Å². The fourth-order valence-corrected chi connectivity index (χ4v) is 1.83. The van der Waals surface area contributed by atoms with Crippen LogP contribution in [-0.4, -0.2) is 10.9 Å². The van der Waals surface area contributed by atoms with Gasteiger partial charge < -0.3 is 5.32 Å². The molecule has 0 aliphatic carbocycles. The number of nitrogens with zero attached hydrogens (tertiary/aromatic N) is 1. The Morgan fingerprint density at radius 2 is 2.00 bits per heavy atom. The molecular weight excluding hydrogens is 292 g/mol. The summed E-state index contributed by atoms with van der Waals surface area (Å²) in [6, 6.07) is 9.67. The van der Waals surface area contributed by atoms with Crippen molar-refractivity contribution in [1.29, 1.82) is 0 Å². The largest absolute Gasteiger partial charge is 0.348 e. The SMILES string of the molecule is Cc1cncc(C(=O)NCc2ccc(Br)cc2)c1. The number of benzene rings is 1. The lowest BCUT2D eigenvalue weighted by Gasteiger charge is -2.05. The Hall–Kier alpha value is -1.68. The molecule has 2 rings (SSSR count). The molecule has 3 nitrogen and oxygen atoms in total. The molecule has 0 fully saturated rings. The molecule has 1 heterocycles. The molecule has 0 aliphatic heterocycles. The van der Waals surface area contributed by atoms with Crippen molar-refractivity contribution in [1.82, 2.24) is 10.3 Å². The summed E-state index contributed by atoms with van der Waals surface area (Å²) in [5.41, 5.74) is 2.63. The van der Waals surface area contributed by atoms with Gasteiger partial charge in [-0.2, -0.15) is 0 Å². The van der Waals surface area contributed by atoms with Gasteiger partial charge >= 0.3 is 0 Å². The summed E-state index contributed by atoms with van der Waals surface area (Å²) in [6.07, 6.45) is 3.30. The number of rotatable bonds is 3. The molecule has 0 aliphatic rings. The molecule has 0 bridgehead atoms. The van der Waals surface area contributed by atoms with Crippen molar-refractivity contribution >= 4 is 21.8 Å². The van der Waals surface area contributed by atoms with Crippen LogP contribution < -0.4 is 5.32 Å². The smallest absolute Gasteiger partial charge is 0.253 e. The maximum atomic E-state index is 11.9. The molecular formula is C14H13BrN2O. The second kappa shape index (κ2) is 5.78. The summed E-state index contributed by atoms with van der Waals surface area (Å²) in [5.74, 6) is -0.103. The van der Waals surface area contributed by atoms with E-state index in [-0.39, 0.29) is 5.91 Å². The minimum absolute atomic E-state index is 0.103.